The van der Waals surface area contributed by atoms with Gasteiger partial charge in [-0.25, -0.2) is 0 Å². The summed E-state index contributed by atoms with van der Waals surface area (Å²) in [4.78, 5) is 11.7. The fourth-order valence-electron chi connectivity index (χ4n) is 1.50. The van der Waals surface area contributed by atoms with Crippen LogP contribution in [0.2, 0.25) is 0 Å². The molecule has 0 amide bonds. The lowest BCUT2D eigenvalue weighted by Gasteiger charge is -2.40. The van der Waals surface area contributed by atoms with Gasteiger partial charge in [0, 0.05) is 0 Å². The molecule has 0 radical (unpaired) electrons. The van der Waals surface area contributed by atoms with Gasteiger partial charge in [-0.05, 0) is 20.8 Å². The Morgan fingerprint density at radius 2 is 1.78 bits per heavy atom. The minimum absolute atomic E-state index is 0.560. The van der Waals surface area contributed by atoms with Crippen molar-refractivity contribution in [2.75, 3.05) is 6.61 Å². The van der Waals surface area contributed by atoms with Gasteiger partial charge in [0.05, 0.1) is 12.0 Å². The lowest BCUT2D eigenvalue weighted by Crippen LogP contribution is -2.60. The molecule has 5 atom stereocenters. The van der Waals surface area contributed by atoms with Gasteiger partial charge in [-0.15, -0.1) is 0 Å². The van der Waals surface area contributed by atoms with Crippen molar-refractivity contribution in [1.82, 2.24) is 0 Å². The first kappa shape index (κ1) is 15.3. The van der Waals surface area contributed by atoms with E-state index in [2.05, 4.69) is 0 Å². The molecule has 1 aliphatic heterocycles. The average Bonchev–Trinajstić information content (AvgIpc) is 2.27. The summed E-state index contributed by atoms with van der Waals surface area (Å²) in [7, 11) is 0. The van der Waals surface area contributed by atoms with Crippen LogP contribution in [-0.4, -0.2) is 63.7 Å². The maximum atomic E-state index is 11.7. The summed E-state index contributed by atoms with van der Waals surface area (Å²) in [6.07, 6.45) is -7.03. The maximum Gasteiger partial charge on any atom is 0.311 e. The Hall–Kier alpha value is -0.730. The second-order valence-electron chi connectivity index (χ2n) is 5.35. The smallest absolute Gasteiger partial charge is 0.311 e. The summed E-state index contributed by atoms with van der Waals surface area (Å²) in [5, 5.41) is 37.8. The molecule has 0 saturated carbocycles. The molecular weight excluding hydrogens is 244 g/mol. The van der Waals surface area contributed by atoms with E-state index in [1.165, 1.54) is 0 Å². The van der Waals surface area contributed by atoms with E-state index in [1.54, 1.807) is 20.8 Å². The van der Waals surface area contributed by atoms with Crippen LogP contribution in [0.4, 0.5) is 0 Å². The lowest BCUT2D eigenvalue weighted by molar-refractivity contribution is -0.292. The van der Waals surface area contributed by atoms with Crippen LogP contribution in [0, 0.1) is 5.41 Å². The molecule has 1 heterocycles. The van der Waals surface area contributed by atoms with E-state index in [-0.39, 0.29) is 0 Å². The zero-order valence-electron chi connectivity index (χ0n) is 10.6. The topological polar surface area (TPSA) is 116 Å². The number of carbonyl (C=O) groups is 1. The molecule has 0 aromatic carbocycles. The van der Waals surface area contributed by atoms with Gasteiger partial charge in [0.1, 0.15) is 18.3 Å². The third-order valence-corrected chi connectivity index (χ3v) is 2.70. The zero-order chi connectivity index (χ0) is 14.1. The van der Waals surface area contributed by atoms with Crippen LogP contribution in [0.5, 0.6) is 0 Å². The van der Waals surface area contributed by atoms with Crippen LogP contribution in [0.25, 0.3) is 0 Å². The Labute approximate surface area is 105 Å². The first-order valence-corrected chi connectivity index (χ1v) is 5.70. The molecule has 7 heteroatoms. The number of aliphatic hydroxyl groups excluding tert-OH is 4. The Balaban J connectivity index is 2.74. The first-order chi connectivity index (χ1) is 8.18. The van der Waals surface area contributed by atoms with Gasteiger partial charge < -0.3 is 29.9 Å². The molecule has 0 unspecified atom stereocenters. The highest BCUT2D eigenvalue weighted by Gasteiger charge is 2.46. The van der Waals surface area contributed by atoms with Gasteiger partial charge in [0.15, 0.2) is 12.4 Å². The van der Waals surface area contributed by atoms with Gasteiger partial charge in [-0.3, -0.25) is 4.79 Å². The van der Waals surface area contributed by atoms with E-state index < -0.39 is 48.7 Å². The van der Waals surface area contributed by atoms with Crippen LogP contribution < -0.4 is 0 Å². The van der Waals surface area contributed by atoms with E-state index >= 15 is 0 Å². The molecule has 0 aromatic heterocycles. The molecule has 1 aliphatic rings. The van der Waals surface area contributed by atoms with Crippen LogP contribution in [-0.2, 0) is 14.3 Å². The van der Waals surface area contributed by atoms with Gasteiger partial charge >= 0.3 is 5.97 Å². The van der Waals surface area contributed by atoms with Gasteiger partial charge in [-0.2, -0.15) is 0 Å². The number of ether oxygens (including phenoxy) is 2. The van der Waals surface area contributed by atoms with Crippen molar-refractivity contribution in [2.24, 2.45) is 5.41 Å². The number of carbonyl (C=O) groups excluding carboxylic acids is 1. The summed E-state index contributed by atoms with van der Waals surface area (Å²) in [5.74, 6) is -0.635. The summed E-state index contributed by atoms with van der Waals surface area (Å²) in [6, 6.07) is 0. The molecule has 0 aromatic rings. The fourth-order valence-corrected chi connectivity index (χ4v) is 1.50. The monoisotopic (exact) mass is 264 g/mol. The fraction of sp³-hybridized carbons (Fsp3) is 0.909. The first-order valence-electron chi connectivity index (χ1n) is 5.70. The Bertz CT molecular complexity index is 298. The Morgan fingerprint density at radius 1 is 1.22 bits per heavy atom. The second-order valence-corrected chi connectivity index (χ2v) is 5.35. The van der Waals surface area contributed by atoms with Gasteiger partial charge in [-0.1, -0.05) is 0 Å². The number of hydrogen-bond donors (Lipinski definition) is 4. The minimum Gasteiger partial charge on any atom is -0.454 e. The molecule has 18 heavy (non-hydrogen) atoms. The Morgan fingerprint density at radius 3 is 2.22 bits per heavy atom. The van der Waals surface area contributed by atoms with E-state index in [1.807, 2.05) is 0 Å². The standard InChI is InChI=1S/C11H20O7/c1-11(2,3)10(16)18-8-7(14)6(13)5(4-12)17-9(8)15/h5-9,12-15H,4H2,1-3H3/t5-,6+,7+,8-,9-/m1/s1. The molecular formula is C11H20O7. The van der Waals surface area contributed by atoms with E-state index in [0.717, 1.165) is 0 Å². The molecule has 7 nitrogen and oxygen atoms in total. The Kier molecular flexibility index (Phi) is 4.68. The molecule has 1 fully saturated rings. The lowest BCUT2D eigenvalue weighted by atomic mass is 9.96. The summed E-state index contributed by atoms with van der Waals surface area (Å²) in [5.41, 5.74) is -0.807. The van der Waals surface area contributed by atoms with Crippen LogP contribution in [0.3, 0.4) is 0 Å². The van der Waals surface area contributed by atoms with Crippen molar-refractivity contribution in [2.45, 2.75) is 51.5 Å². The third kappa shape index (κ3) is 3.18. The highest BCUT2D eigenvalue weighted by Crippen LogP contribution is 2.25. The number of esters is 1. The maximum absolute atomic E-state index is 11.7. The van der Waals surface area contributed by atoms with E-state index in [9.17, 15) is 20.1 Å². The van der Waals surface area contributed by atoms with Crippen molar-refractivity contribution >= 4 is 5.97 Å². The molecule has 1 saturated heterocycles. The number of aliphatic hydroxyl groups is 4. The second kappa shape index (κ2) is 5.50. The summed E-state index contributed by atoms with van der Waals surface area (Å²) < 4.78 is 9.80. The largest absolute Gasteiger partial charge is 0.454 e. The number of rotatable bonds is 2. The van der Waals surface area contributed by atoms with Crippen molar-refractivity contribution in [3.05, 3.63) is 0 Å². The molecule has 0 bridgehead atoms. The highest BCUT2D eigenvalue weighted by molar-refractivity contribution is 5.75. The summed E-state index contributed by atoms with van der Waals surface area (Å²) in [6.45, 7) is 4.29. The van der Waals surface area contributed by atoms with Crippen molar-refractivity contribution < 1.29 is 34.7 Å². The van der Waals surface area contributed by atoms with Crippen molar-refractivity contribution in [1.29, 1.82) is 0 Å². The molecule has 1 rings (SSSR count). The van der Waals surface area contributed by atoms with Crippen LogP contribution >= 0.6 is 0 Å². The zero-order valence-corrected chi connectivity index (χ0v) is 10.6. The predicted molar refractivity (Wildman–Crippen MR) is 59.3 cm³/mol. The normalized spacial score (nSPS) is 37.4. The molecule has 4 N–H and O–H groups in total. The van der Waals surface area contributed by atoms with Gasteiger partial charge in [0.2, 0.25) is 0 Å². The minimum atomic E-state index is -1.59. The van der Waals surface area contributed by atoms with Crippen molar-refractivity contribution in [3.8, 4) is 0 Å². The van der Waals surface area contributed by atoms with Crippen molar-refractivity contribution in [3.63, 3.8) is 0 Å². The molecule has 106 valence electrons. The van der Waals surface area contributed by atoms with Crippen LogP contribution in [0.15, 0.2) is 0 Å². The highest BCUT2D eigenvalue weighted by atomic mass is 16.7. The third-order valence-electron chi connectivity index (χ3n) is 2.70. The SMILES string of the molecule is CC(C)(C)C(=O)O[C@@H]1[C@@H](O)[C@@H](O)[C@@H](CO)O[C@H]1O. The summed E-state index contributed by atoms with van der Waals surface area (Å²) >= 11 is 0. The van der Waals surface area contributed by atoms with E-state index in [4.69, 9.17) is 14.6 Å². The quantitative estimate of drug-likeness (QED) is 0.443. The average molecular weight is 264 g/mol. The van der Waals surface area contributed by atoms with E-state index in [0.29, 0.717) is 0 Å². The van der Waals surface area contributed by atoms with Crippen LogP contribution in [0.1, 0.15) is 20.8 Å². The molecule has 0 spiro atoms. The number of hydrogen-bond acceptors (Lipinski definition) is 7. The molecule has 0 aliphatic carbocycles. The predicted octanol–water partition coefficient (Wildman–Crippen LogP) is -1.62. The van der Waals surface area contributed by atoms with Gasteiger partial charge in [0.25, 0.3) is 0 Å².